The molecule has 0 aromatic carbocycles. The molecule has 6 heteroatoms. The number of carbonyl (C=O) groups excluding carboxylic acids is 1. The van der Waals surface area contributed by atoms with Gasteiger partial charge >= 0.3 is 17.1 Å². The first-order valence-corrected chi connectivity index (χ1v) is 2.27. The third-order valence-electron chi connectivity index (χ3n) is 0.793. The van der Waals surface area contributed by atoms with Crippen LogP contribution < -0.4 is 5.11 Å². The molecule has 0 radical (unpaired) electrons. The smallest absolute Gasteiger partial charge is 0.547 e. The molecule has 60 valence electrons. The van der Waals surface area contributed by atoms with Gasteiger partial charge in [0.1, 0.15) is 12.2 Å². The van der Waals surface area contributed by atoms with Crippen LogP contribution in [0.2, 0.25) is 0 Å². The Morgan fingerprint density at radius 3 is 2.00 bits per heavy atom. The number of carboxylic acid groups (broad SMARTS) is 1. The molecule has 0 saturated carbocycles. The van der Waals surface area contributed by atoms with Crippen LogP contribution >= 0.6 is 0 Å². The van der Waals surface area contributed by atoms with Crippen LogP contribution in [0, 0.1) is 0 Å². The summed E-state index contributed by atoms with van der Waals surface area (Å²) in [4.78, 5) is 9.67. The number of hydrogen-bond donors (Lipinski definition) is 3. The Kier molecular flexibility index (Phi) is 7.07. The molecule has 0 heterocycles. The third-order valence-corrected chi connectivity index (χ3v) is 0.793. The number of rotatable bonds is 3. The Labute approximate surface area is 67.8 Å². The maximum absolute atomic E-state index is 9.67. The average Bonchev–Trinajstić information content (AvgIpc) is 1.84. The van der Waals surface area contributed by atoms with Crippen LogP contribution in [0.5, 0.6) is 0 Å². The molecule has 0 amide bonds. The standard InChI is InChI=1S/C4H8O5.Fe/c5-1-2(6)3(7)4(8)9;/h2-3,5-7H,1H2,(H,8,9);/q;+2/p-1. The van der Waals surface area contributed by atoms with Gasteiger partial charge in [0, 0.05) is 0 Å². The van der Waals surface area contributed by atoms with E-state index in [0.29, 0.717) is 0 Å². The van der Waals surface area contributed by atoms with Crippen LogP contribution in [0.4, 0.5) is 0 Å². The topological polar surface area (TPSA) is 101 Å². The van der Waals surface area contributed by atoms with E-state index < -0.39 is 24.8 Å². The Bertz CT molecular complexity index is 106. The molecule has 0 bridgehead atoms. The number of hydrogen-bond acceptors (Lipinski definition) is 5. The Morgan fingerprint density at radius 1 is 1.50 bits per heavy atom. The molecule has 0 aliphatic heterocycles. The zero-order valence-corrected chi connectivity index (χ0v) is 5.98. The van der Waals surface area contributed by atoms with Gasteiger partial charge in [-0.2, -0.15) is 0 Å². The molecule has 0 spiro atoms. The summed E-state index contributed by atoms with van der Waals surface area (Å²) in [6.07, 6.45) is -3.66. The van der Waals surface area contributed by atoms with Crippen molar-refractivity contribution in [2.45, 2.75) is 12.2 Å². The first-order chi connectivity index (χ1) is 4.09. The fourth-order valence-corrected chi connectivity index (χ4v) is 0.257. The summed E-state index contributed by atoms with van der Waals surface area (Å²) >= 11 is 0. The van der Waals surface area contributed by atoms with Crippen LogP contribution in [0.1, 0.15) is 0 Å². The van der Waals surface area contributed by atoms with Crippen LogP contribution in [-0.2, 0) is 21.9 Å². The van der Waals surface area contributed by atoms with E-state index in [1.165, 1.54) is 0 Å². The van der Waals surface area contributed by atoms with E-state index in [4.69, 9.17) is 15.3 Å². The molecule has 0 fully saturated rings. The van der Waals surface area contributed by atoms with Crippen molar-refractivity contribution in [2.24, 2.45) is 0 Å². The van der Waals surface area contributed by atoms with Crippen LogP contribution in [0.15, 0.2) is 0 Å². The second kappa shape index (κ2) is 5.64. The van der Waals surface area contributed by atoms with E-state index in [2.05, 4.69) is 0 Å². The van der Waals surface area contributed by atoms with Gasteiger partial charge in [-0.1, -0.05) is 0 Å². The van der Waals surface area contributed by atoms with Crippen molar-refractivity contribution in [3.05, 3.63) is 0 Å². The molecule has 0 rings (SSSR count). The first-order valence-electron chi connectivity index (χ1n) is 2.27. The number of aliphatic carboxylic acids is 1. The van der Waals surface area contributed by atoms with Crippen molar-refractivity contribution in [2.75, 3.05) is 6.61 Å². The molecule has 3 N–H and O–H groups in total. The predicted octanol–water partition coefficient (Wildman–Crippen LogP) is -3.55. The van der Waals surface area contributed by atoms with E-state index >= 15 is 0 Å². The maximum Gasteiger partial charge on any atom is 2.00 e. The van der Waals surface area contributed by atoms with Gasteiger partial charge in [0.15, 0.2) is 0 Å². The fourth-order valence-electron chi connectivity index (χ4n) is 0.257. The van der Waals surface area contributed by atoms with E-state index in [-0.39, 0.29) is 17.1 Å². The quantitative estimate of drug-likeness (QED) is 0.401. The molecule has 2 unspecified atom stereocenters. The third kappa shape index (κ3) is 3.81. The molecule has 10 heavy (non-hydrogen) atoms. The van der Waals surface area contributed by atoms with Gasteiger partial charge < -0.3 is 25.2 Å². The Hall–Kier alpha value is -0.131. The normalized spacial score (nSPS) is 15.1. The fraction of sp³-hybridized carbons (Fsp3) is 0.750. The van der Waals surface area contributed by atoms with Gasteiger partial charge in [0.25, 0.3) is 0 Å². The Morgan fingerprint density at radius 2 is 1.90 bits per heavy atom. The predicted molar refractivity (Wildman–Crippen MR) is 24.1 cm³/mol. The zero-order chi connectivity index (χ0) is 7.44. The van der Waals surface area contributed by atoms with E-state index in [1.54, 1.807) is 0 Å². The zero-order valence-electron chi connectivity index (χ0n) is 4.87. The average molecular weight is 191 g/mol. The SMILES string of the molecule is O=C([O-])C(O)C(O)CO.[Fe+2]. The minimum absolute atomic E-state index is 0. The summed E-state index contributed by atoms with van der Waals surface area (Å²) in [5.41, 5.74) is 0. The number of aliphatic hydroxyl groups is 3. The van der Waals surface area contributed by atoms with Crippen LogP contribution in [0.25, 0.3) is 0 Å². The number of carbonyl (C=O) groups is 1. The van der Waals surface area contributed by atoms with Crippen molar-refractivity contribution in [3.8, 4) is 0 Å². The second-order valence-corrected chi connectivity index (χ2v) is 1.51. The van der Waals surface area contributed by atoms with Gasteiger partial charge in [-0.3, -0.25) is 0 Å². The molecule has 5 nitrogen and oxygen atoms in total. The molecule has 0 aromatic heterocycles. The van der Waals surface area contributed by atoms with Gasteiger partial charge in [0.05, 0.1) is 12.6 Å². The minimum atomic E-state index is -2.00. The second-order valence-electron chi connectivity index (χ2n) is 1.51. The number of carboxylic acids is 1. The first kappa shape index (κ1) is 12.5. The number of aliphatic hydroxyl groups excluding tert-OH is 3. The van der Waals surface area contributed by atoms with Gasteiger partial charge in [-0.05, 0) is 0 Å². The van der Waals surface area contributed by atoms with E-state index in [1.807, 2.05) is 0 Å². The summed E-state index contributed by atoms with van der Waals surface area (Å²) in [7, 11) is 0. The minimum Gasteiger partial charge on any atom is -0.547 e. The van der Waals surface area contributed by atoms with Crippen molar-refractivity contribution < 1.29 is 42.3 Å². The van der Waals surface area contributed by atoms with Gasteiger partial charge in [-0.25, -0.2) is 0 Å². The summed E-state index contributed by atoms with van der Waals surface area (Å²) < 4.78 is 0. The largest absolute Gasteiger partial charge is 2.00 e. The van der Waals surface area contributed by atoms with Crippen molar-refractivity contribution in [1.29, 1.82) is 0 Å². The van der Waals surface area contributed by atoms with Crippen molar-refractivity contribution in [1.82, 2.24) is 0 Å². The molecule has 0 saturated heterocycles. The summed E-state index contributed by atoms with van der Waals surface area (Å²) in [5, 5.41) is 34.4. The van der Waals surface area contributed by atoms with E-state index in [9.17, 15) is 9.90 Å². The van der Waals surface area contributed by atoms with Gasteiger partial charge in [0.2, 0.25) is 0 Å². The van der Waals surface area contributed by atoms with Crippen LogP contribution in [-0.4, -0.2) is 40.1 Å². The van der Waals surface area contributed by atoms with Crippen LogP contribution in [0.3, 0.4) is 0 Å². The molecule has 2 atom stereocenters. The van der Waals surface area contributed by atoms with Crippen molar-refractivity contribution in [3.63, 3.8) is 0 Å². The van der Waals surface area contributed by atoms with E-state index in [0.717, 1.165) is 0 Å². The Balaban J connectivity index is 0. The summed E-state index contributed by atoms with van der Waals surface area (Å²) in [6.45, 7) is -0.796. The molecule has 0 aromatic rings. The maximum atomic E-state index is 9.67. The van der Waals surface area contributed by atoms with Crippen molar-refractivity contribution >= 4 is 5.97 Å². The summed E-state index contributed by atoms with van der Waals surface area (Å²) in [6, 6.07) is 0. The molecular weight excluding hydrogens is 184 g/mol. The molecule has 0 aliphatic carbocycles. The molecule has 0 aliphatic rings. The monoisotopic (exact) mass is 191 g/mol. The summed E-state index contributed by atoms with van der Waals surface area (Å²) in [5.74, 6) is -1.79. The van der Waals surface area contributed by atoms with Gasteiger partial charge in [-0.15, -0.1) is 0 Å². The molecular formula is C4H7FeO5+.